The van der Waals surface area contributed by atoms with Crippen molar-refractivity contribution in [3.8, 4) is 0 Å². The summed E-state index contributed by atoms with van der Waals surface area (Å²) in [4.78, 5) is 0. The first-order valence-electron chi connectivity index (χ1n) is 5.50. The van der Waals surface area contributed by atoms with E-state index in [1.165, 1.54) is 11.1 Å². The van der Waals surface area contributed by atoms with Gasteiger partial charge in [0.1, 0.15) is 0 Å². The summed E-state index contributed by atoms with van der Waals surface area (Å²) in [7, 11) is 0. The first-order valence-corrected chi connectivity index (χ1v) is 6.48. The molecule has 0 aliphatic rings. The van der Waals surface area contributed by atoms with Crippen LogP contribution in [0.1, 0.15) is 30.0 Å². The molecule has 0 aliphatic carbocycles. The van der Waals surface area contributed by atoms with Crippen LogP contribution in [-0.4, -0.2) is 10.2 Å². The summed E-state index contributed by atoms with van der Waals surface area (Å²) < 4.78 is 5.48. The van der Waals surface area contributed by atoms with Gasteiger partial charge in [0.05, 0.1) is 0 Å². The largest absolute Gasteiger partial charge is 1.00 e. The van der Waals surface area contributed by atoms with Crippen LogP contribution in [0.25, 0.3) is 0 Å². The normalized spacial score (nSPS) is 11.9. The Bertz CT molecular complexity index is 502. The van der Waals surface area contributed by atoms with Crippen molar-refractivity contribution in [3.05, 3.63) is 41.3 Å². The molecule has 2 rings (SSSR count). The Morgan fingerprint density at radius 3 is 2.78 bits per heavy atom. The van der Waals surface area contributed by atoms with Crippen LogP contribution in [0.15, 0.2) is 33.9 Å². The lowest BCUT2D eigenvalue weighted by molar-refractivity contribution is -0.425. The van der Waals surface area contributed by atoms with E-state index in [4.69, 9.17) is 4.42 Å². The van der Waals surface area contributed by atoms with Crippen molar-refractivity contribution >= 4 is 11.8 Å². The quantitative estimate of drug-likeness (QED) is 0.730. The Morgan fingerprint density at radius 2 is 2.17 bits per heavy atom. The molecular weight excluding hydrogens is 270 g/mol. The topological polar surface area (TPSA) is 66.6 Å². The number of aromatic nitrogens is 2. The molecule has 98 valence electrons. The van der Waals surface area contributed by atoms with Crippen LogP contribution >= 0.6 is 11.8 Å². The summed E-state index contributed by atoms with van der Waals surface area (Å²) in [5.41, 5.74) is 6.37. The zero-order valence-electron chi connectivity index (χ0n) is 10.4. The van der Waals surface area contributed by atoms with Gasteiger partial charge in [-0.05, 0) is 19.4 Å². The number of hydrogen-bond acceptors (Lipinski definition) is 4. The molecule has 0 fully saturated rings. The van der Waals surface area contributed by atoms with E-state index in [-0.39, 0.29) is 18.4 Å². The van der Waals surface area contributed by atoms with Crippen molar-refractivity contribution in [1.82, 2.24) is 10.2 Å². The highest BCUT2D eigenvalue weighted by atomic mass is 35.5. The lowest BCUT2D eigenvalue weighted by atomic mass is 10.2. The van der Waals surface area contributed by atoms with Gasteiger partial charge in [-0.15, -0.1) is 10.2 Å². The molecule has 1 heterocycles. The molecule has 0 bridgehead atoms. The maximum atomic E-state index is 5.48. The van der Waals surface area contributed by atoms with Gasteiger partial charge >= 0.3 is 0 Å². The minimum atomic E-state index is 0. The first kappa shape index (κ1) is 15.0. The van der Waals surface area contributed by atoms with Crippen LogP contribution < -0.4 is 18.1 Å². The second-order valence-corrected chi connectivity index (χ2v) is 5.01. The van der Waals surface area contributed by atoms with Gasteiger partial charge in [0.15, 0.2) is 6.04 Å². The van der Waals surface area contributed by atoms with E-state index in [0.29, 0.717) is 11.1 Å². The third kappa shape index (κ3) is 4.01. The van der Waals surface area contributed by atoms with Crippen LogP contribution in [0, 0.1) is 6.92 Å². The number of hydrogen-bond donors (Lipinski definition) is 1. The predicted octanol–water partition coefficient (Wildman–Crippen LogP) is -1.02. The van der Waals surface area contributed by atoms with E-state index < -0.39 is 0 Å². The average Bonchev–Trinajstić information content (AvgIpc) is 2.75. The fourth-order valence-corrected chi connectivity index (χ4v) is 2.14. The Labute approximate surface area is 117 Å². The number of thioether (sulfide) groups is 1. The number of rotatable bonds is 4. The van der Waals surface area contributed by atoms with Gasteiger partial charge in [0.25, 0.3) is 11.1 Å². The molecule has 0 unspecified atom stereocenters. The molecule has 0 spiro atoms. The van der Waals surface area contributed by atoms with Gasteiger partial charge in [-0.1, -0.05) is 41.6 Å². The monoisotopic (exact) mass is 285 g/mol. The lowest BCUT2D eigenvalue weighted by Gasteiger charge is -1.99. The van der Waals surface area contributed by atoms with E-state index >= 15 is 0 Å². The van der Waals surface area contributed by atoms with Gasteiger partial charge in [-0.3, -0.25) is 0 Å². The van der Waals surface area contributed by atoms with Gasteiger partial charge in [-0.25, -0.2) is 0 Å². The average molecular weight is 286 g/mol. The molecule has 0 saturated carbocycles. The van der Waals surface area contributed by atoms with Gasteiger partial charge in [0.2, 0.25) is 0 Å². The predicted molar refractivity (Wildman–Crippen MR) is 66.3 cm³/mol. The zero-order chi connectivity index (χ0) is 12.3. The third-order valence-corrected chi connectivity index (χ3v) is 3.18. The van der Waals surface area contributed by atoms with Gasteiger partial charge in [0, 0.05) is 5.75 Å². The maximum Gasteiger partial charge on any atom is 0.277 e. The van der Waals surface area contributed by atoms with Crippen LogP contribution in [0.3, 0.4) is 0 Å². The number of halogens is 1. The molecule has 18 heavy (non-hydrogen) atoms. The molecule has 6 heteroatoms. The summed E-state index contributed by atoms with van der Waals surface area (Å²) in [5.74, 6) is 1.44. The first-order chi connectivity index (χ1) is 8.15. The standard InChI is InChI=1S/C12H15N3OS.ClH/c1-8-4-3-5-10(6-8)7-17-12-15-14-11(16-12)9(2)13;/h3-6,9H,7,13H2,1-2H3;1H/t9-;/m0./s1. The van der Waals surface area contributed by atoms with Crippen molar-refractivity contribution in [2.45, 2.75) is 30.9 Å². The van der Waals surface area contributed by atoms with Crippen LogP contribution in [0.5, 0.6) is 0 Å². The van der Waals surface area contributed by atoms with Crippen LogP contribution in [0.4, 0.5) is 0 Å². The Balaban J connectivity index is 0.00000162. The molecular formula is C12H16ClN3OS. The summed E-state index contributed by atoms with van der Waals surface area (Å²) in [6, 6.07) is 8.44. The van der Waals surface area contributed by atoms with Gasteiger partial charge < -0.3 is 22.6 Å². The summed E-state index contributed by atoms with van der Waals surface area (Å²) in [6.45, 7) is 4.02. The van der Waals surface area contributed by atoms with Crippen molar-refractivity contribution in [3.63, 3.8) is 0 Å². The minimum Gasteiger partial charge on any atom is -1.00 e. The molecule has 0 radical (unpaired) electrons. The molecule has 0 aliphatic heterocycles. The molecule has 1 atom stereocenters. The zero-order valence-corrected chi connectivity index (χ0v) is 12.0. The van der Waals surface area contributed by atoms with E-state index in [0.717, 1.165) is 5.75 Å². The molecule has 0 amide bonds. The SMILES string of the molecule is Cc1cccc(CSc2nnc([C@H](C)[NH3+])o2)c1.[Cl-]. The van der Waals surface area contributed by atoms with Crippen molar-refractivity contribution in [2.75, 3.05) is 0 Å². The lowest BCUT2D eigenvalue weighted by Crippen LogP contribution is -3.00. The highest BCUT2D eigenvalue weighted by Crippen LogP contribution is 2.22. The minimum absolute atomic E-state index is 0. The molecule has 4 nitrogen and oxygen atoms in total. The summed E-state index contributed by atoms with van der Waals surface area (Å²) in [6.07, 6.45) is 0. The Hall–Kier alpha value is -1.04. The van der Waals surface area contributed by atoms with Gasteiger partial charge in [-0.2, -0.15) is 0 Å². The summed E-state index contributed by atoms with van der Waals surface area (Å²) >= 11 is 1.55. The number of quaternary nitrogens is 1. The fourth-order valence-electron chi connectivity index (χ4n) is 1.42. The number of nitrogens with zero attached hydrogens (tertiary/aromatic N) is 2. The Morgan fingerprint density at radius 1 is 1.39 bits per heavy atom. The van der Waals surface area contributed by atoms with Crippen LogP contribution in [-0.2, 0) is 5.75 Å². The molecule has 0 saturated heterocycles. The van der Waals surface area contributed by atoms with Crippen molar-refractivity contribution < 1.29 is 22.6 Å². The third-order valence-electron chi connectivity index (χ3n) is 2.29. The van der Waals surface area contributed by atoms with Crippen molar-refractivity contribution in [1.29, 1.82) is 0 Å². The van der Waals surface area contributed by atoms with E-state index in [9.17, 15) is 0 Å². The number of aryl methyl sites for hydroxylation is 1. The Kier molecular flexibility index (Phi) is 5.65. The second kappa shape index (κ2) is 6.78. The smallest absolute Gasteiger partial charge is 0.277 e. The molecule has 1 aromatic carbocycles. The molecule has 1 aromatic heterocycles. The summed E-state index contributed by atoms with van der Waals surface area (Å²) in [5, 5.41) is 8.54. The molecule has 2 aromatic rings. The van der Waals surface area contributed by atoms with E-state index in [1.54, 1.807) is 11.8 Å². The second-order valence-electron chi connectivity index (χ2n) is 4.08. The molecule has 3 N–H and O–H groups in total. The van der Waals surface area contributed by atoms with E-state index in [1.807, 2.05) is 6.92 Å². The maximum absolute atomic E-state index is 5.48. The highest BCUT2D eigenvalue weighted by molar-refractivity contribution is 7.98. The van der Waals surface area contributed by atoms with Crippen molar-refractivity contribution in [2.24, 2.45) is 0 Å². The van der Waals surface area contributed by atoms with Crippen LogP contribution in [0.2, 0.25) is 0 Å². The highest BCUT2D eigenvalue weighted by Gasteiger charge is 2.12. The fraction of sp³-hybridized carbons (Fsp3) is 0.333. The number of benzene rings is 1. The van der Waals surface area contributed by atoms with E-state index in [2.05, 4.69) is 47.1 Å².